The Bertz CT molecular complexity index is 1190. The molecule has 0 aliphatic rings. The van der Waals surface area contributed by atoms with Gasteiger partial charge >= 0.3 is 5.88 Å². The summed E-state index contributed by atoms with van der Waals surface area (Å²) >= 11 is 0. The Morgan fingerprint density at radius 2 is 1.82 bits per heavy atom. The first-order valence-corrected chi connectivity index (χ1v) is 8.37. The summed E-state index contributed by atoms with van der Waals surface area (Å²) in [6, 6.07) is 19.8. The summed E-state index contributed by atoms with van der Waals surface area (Å²) < 4.78 is 4.97. The molecule has 8 nitrogen and oxygen atoms in total. The van der Waals surface area contributed by atoms with E-state index >= 15 is 0 Å². The van der Waals surface area contributed by atoms with E-state index in [0.29, 0.717) is 5.69 Å². The fourth-order valence-electron chi connectivity index (χ4n) is 2.94. The summed E-state index contributed by atoms with van der Waals surface area (Å²) in [4.78, 5) is 25.8. The molecule has 0 saturated carbocycles. The molecule has 4 rings (SSSR count). The first-order chi connectivity index (χ1) is 13.6. The number of furan rings is 1. The van der Waals surface area contributed by atoms with Crippen molar-refractivity contribution in [1.82, 2.24) is 10.4 Å². The smallest absolute Gasteiger partial charge is 0.400 e. The molecule has 1 amide bonds. The molecular formula is C20H14N4O4. The van der Waals surface area contributed by atoms with Crippen LogP contribution in [0.2, 0.25) is 0 Å². The molecule has 2 heterocycles. The van der Waals surface area contributed by atoms with Crippen LogP contribution in [0.15, 0.2) is 76.2 Å². The van der Waals surface area contributed by atoms with E-state index in [9.17, 15) is 14.9 Å². The van der Waals surface area contributed by atoms with E-state index < -0.39 is 16.7 Å². The van der Waals surface area contributed by atoms with E-state index in [-0.39, 0.29) is 5.76 Å². The quantitative estimate of drug-likeness (QED) is 0.311. The molecule has 0 bridgehead atoms. The molecule has 2 aromatic heterocycles. The molecule has 0 atom stereocenters. The summed E-state index contributed by atoms with van der Waals surface area (Å²) in [7, 11) is 0. The Morgan fingerprint density at radius 3 is 2.57 bits per heavy atom. The minimum atomic E-state index is -0.646. The van der Waals surface area contributed by atoms with Crippen LogP contribution in [0.4, 0.5) is 5.88 Å². The van der Waals surface area contributed by atoms with Crippen molar-refractivity contribution in [3.05, 3.63) is 88.3 Å². The third-order valence-electron chi connectivity index (χ3n) is 4.15. The average Bonchev–Trinajstić information content (AvgIpc) is 3.33. The monoisotopic (exact) mass is 374 g/mol. The topological polar surface area (TPSA) is 114 Å². The highest BCUT2D eigenvalue weighted by atomic mass is 16.6. The van der Waals surface area contributed by atoms with E-state index in [1.807, 2.05) is 54.6 Å². The lowest BCUT2D eigenvalue weighted by atomic mass is 10.0. The molecule has 2 N–H and O–H groups in total. The van der Waals surface area contributed by atoms with Gasteiger partial charge in [-0.25, -0.2) is 5.43 Å². The van der Waals surface area contributed by atoms with Gasteiger partial charge in [0.25, 0.3) is 5.91 Å². The number of hydrogen-bond acceptors (Lipinski definition) is 5. The van der Waals surface area contributed by atoms with Gasteiger partial charge in [-0.3, -0.25) is 14.9 Å². The molecule has 138 valence electrons. The van der Waals surface area contributed by atoms with Crippen molar-refractivity contribution in [3.8, 4) is 11.1 Å². The molecule has 0 saturated heterocycles. The second-order valence-corrected chi connectivity index (χ2v) is 5.92. The second kappa shape index (κ2) is 7.20. The van der Waals surface area contributed by atoms with Crippen molar-refractivity contribution in [2.75, 3.05) is 0 Å². The normalized spacial score (nSPS) is 11.1. The Labute approximate surface area is 158 Å². The number of hydrogen-bond donors (Lipinski definition) is 2. The first-order valence-electron chi connectivity index (χ1n) is 8.37. The third-order valence-corrected chi connectivity index (χ3v) is 4.15. The Morgan fingerprint density at radius 1 is 1.07 bits per heavy atom. The third kappa shape index (κ3) is 3.26. The van der Waals surface area contributed by atoms with Gasteiger partial charge in [-0.15, -0.1) is 0 Å². The zero-order valence-electron chi connectivity index (χ0n) is 14.5. The van der Waals surface area contributed by atoms with Gasteiger partial charge in [0.1, 0.15) is 10.6 Å². The minimum absolute atomic E-state index is 0.159. The standard InChI is InChI=1S/C20H14N4O4/c25-20(23-21-12-14-10-11-17(28-14)24(26)27)19-18(13-6-2-1-3-7-13)15-8-4-5-9-16(15)22-19/h1-12,22H,(H,23,25). The predicted octanol–water partition coefficient (Wildman–Crippen LogP) is 4.10. The van der Waals surface area contributed by atoms with Gasteiger partial charge in [-0.05, 0) is 17.7 Å². The number of benzene rings is 2. The number of carbonyl (C=O) groups is 1. The molecule has 0 fully saturated rings. The number of carbonyl (C=O) groups excluding carboxylic acids is 1. The summed E-state index contributed by atoms with van der Waals surface area (Å²) in [5.41, 5.74) is 5.30. The molecule has 0 spiro atoms. The number of nitro groups is 1. The van der Waals surface area contributed by atoms with Crippen LogP contribution in [0.1, 0.15) is 16.2 Å². The van der Waals surface area contributed by atoms with Gasteiger partial charge in [0.15, 0.2) is 5.76 Å². The number of aromatic amines is 1. The van der Waals surface area contributed by atoms with E-state index in [1.165, 1.54) is 18.3 Å². The van der Waals surface area contributed by atoms with Crippen LogP contribution in [0.3, 0.4) is 0 Å². The lowest BCUT2D eigenvalue weighted by Crippen LogP contribution is -2.18. The number of rotatable bonds is 5. The van der Waals surface area contributed by atoms with Gasteiger partial charge < -0.3 is 9.40 Å². The Hall–Kier alpha value is -4.20. The fraction of sp³-hybridized carbons (Fsp3) is 0. The summed E-state index contributed by atoms with van der Waals surface area (Å²) in [5, 5.41) is 15.4. The van der Waals surface area contributed by atoms with Crippen LogP contribution in [-0.4, -0.2) is 22.0 Å². The van der Waals surface area contributed by atoms with Gasteiger partial charge in [0.05, 0.1) is 12.3 Å². The van der Waals surface area contributed by atoms with Crippen molar-refractivity contribution >= 4 is 28.9 Å². The molecule has 28 heavy (non-hydrogen) atoms. The van der Waals surface area contributed by atoms with E-state index in [2.05, 4.69) is 15.5 Å². The number of hydrazone groups is 1. The second-order valence-electron chi connectivity index (χ2n) is 5.92. The van der Waals surface area contributed by atoms with Gasteiger partial charge in [0.2, 0.25) is 0 Å². The molecule has 0 aliphatic heterocycles. The van der Waals surface area contributed by atoms with E-state index in [4.69, 9.17) is 4.42 Å². The summed E-state index contributed by atoms with van der Waals surface area (Å²) in [6.45, 7) is 0. The van der Waals surface area contributed by atoms with Crippen LogP contribution in [0.5, 0.6) is 0 Å². The van der Waals surface area contributed by atoms with Crippen molar-refractivity contribution in [2.45, 2.75) is 0 Å². The van der Waals surface area contributed by atoms with Crippen LogP contribution in [0, 0.1) is 10.1 Å². The zero-order valence-corrected chi connectivity index (χ0v) is 14.5. The average molecular weight is 374 g/mol. The zero-order chi connectivity index (χ0) is 19.5. The van der Waals surface area contributed by atoms with Crippen LogP contribution < -0.4 is 5.43 Å². The van der Waals surface area contributed by atoms with Crippen molar-refractivity contribution in [3.63, 3.8) is 0 Å². The molecule has 4 aromatic rings. The minimum Gasteiger partial charge on any atom is -0.400 e. The van der Waals surface area contributed by atoms with E-state index in [0.717, 1.165) is 22.0 Å². The Kier molecular flexibility index (Phi) is 4.43. The number of nitrogens with zero attached hydrogens (tertiary/aromatic N) is 2. The number of para-hydroxylation sites is 1. The van der Waals surface area contributed by atoms with Crippen molar-refractivity contribution < 1.29 is 14.1 Å². The lowest BCUT2D eigenvalue weighted by molar-refractivity contribution is -0.402. The molecule has 0 aliphatic carbocycles. The summed E-state index contributed by atoms with van der Waals surface area (Å²) in [5.74, 6) is -0.672. The predicted molar refractivity (Wildman–Crippen MR) is 104 cm³/mol. The van der Waals surface area contributed by atoms with Crippen molar-refractivity contribution in [1.29, 1.82) is 0 Å². The Balaban J connectivity index is 1.64. The molecule has 0 radical (unpaired) electrons. The molecule has 2 aromatic carbocycles. The van der Waals surface area contributed by atoms with Gasteiger partial charge in [-0.2, -0.15) is 5.10 Å². The largest absolute Gasteiger partial charge is 0.433 e. The van der Waals surface area contributed by atoms with Gasteiger partial charge in [0, 0.05) is 16.5 Å². The maximum Gasteiger partial charge on any atom is 0.433 e. The lowest BCUT2D eigenvalue weighted by Gasteiger charge is -2.04. The molecule has 8 heteroatoms. The SMILES string of the molecule is O=C(NN=Cc1ccc([N+](=O)[O-])o1)c1[nH]c2ccccc2c1-c1ccccc1. The number of nitrogens with one attached hydrogen (secondary N) is 2. The van der Waals surface area contributed by atoms with Crippen LogP contribution >= 0.6 is 0 Å². The number of H-pyrrole nitrogens is 1. The maximum atomic E-state index is 12.7. The molecule has 0 unspecified atom stereocenters. The number of aromatic nitrogens is 1. The first kappa shape index (κ1) is 17.2. The van der Waals surface area contributed by atoms with Crippen molar-refractivity contribution in [2.24, 2.45) is 5.10 Å². The van der Waals surface area contributed by atoms with Crippen LogP contribution in [-0.2, 0) is 0 Å². The highest BCUT2D eigenvalue weighted by Gasteiger charge is 2.18. The van der Waals surface area contributed by atoms with Gasteiger partial charge in [-0.1, -0.05) is 48.5 Å². The fourth-order valence-corrected chi connectivity index (χ4v) is 2.94. The maximum absolute atomic E-state index is 12.7. The number of amides is 1. The molecular weight excluding hydrogens is 360 g/mol. The highest BCUT2D eigenvalue weighted by molar-refractivity contribution is 6.09. The summed E-state index contributed by atoms with van der Waals surface area (Å²) in [6.07, 6.45) is 1.20. The highest BCUT2D eigenvalue weighted by Crippen LogP contribution is 2.32. The van der Waals surface area contributed by atoms with E-state index in [1.54, 1.807) is 0 Å². The van der Waals surface area contributed by atoms with Crippen LogP contribution in [0.25, 0.3) is 22.0 Å². The number of fused-ring (bicyclic) bond motifs is 1.